The molecule has 8 nitrogen and oxygen atoms in total. The molecule has 160 valence electrons. The van der Waals surface area contributed by atoms with Gasteiger partial charge >= 0.3 is 0 Å². The van der Waals surface area contributed by atoms with E-state index in [2.05, 4.69) is 5.32 Å². The Morgan fingerprint density at radius 1 is 1.00 bits per heavy atom. The maximum atomic E-state index is 12.7. The highest BCUT2D eigenvalue weighted by Crippen LogP contribution is 2.34. The van der Waals surface area contributed by atoms with Crippen LogP contribution in [0.15, 0.2) is 36.4 Å². The third-order valence-electron chi connectivity index (χ3n) is 5.11. The van der Waals surface area contributed by atoms with E-state index in [1.165, 1.54) is 7.11 Å². The first-order valence-electron chi connectivity index (χ1n) is 9.52. The standard InChI is InChI=1S/C22H26N2O6/c1-27-17-9-8-16(11-19(17)29-3)24-13-15(10-20(24)25)22(26)23-12-14-6-5-7-18(28-2)21(14)30-4/h5-9,11,15H,10,12-13H2,1-4H3,(H,23,26). The number of methoxy groups -OCH3 is 4. The van der Waals surface area contributed by atoms with E-state index in [-0.39, 0.29) is 24.8 Å². The van der Waals surface area contributed by atoms with Crippen LogP contribution in [0.5, 0.6) is 23.0 Å². The van der Waals surface area contributed by atoms with Gasteiger partial charge in [0.1, 0.15) is 0 Å². The maximum Gasteiger partial charge on any atom is 0.227 e. The summed E-state index contributed by atoms with van der Waals surface area (Å²) in [4.78, 5) is 26.8. The van der Waals surface area contributed by atoms with E-state index >= 15 is 0 Å². The Balaban J connectivity index is 1.67. The van der Waals surface area contributed by atoms with E-state index in [9.17, 15) is 9.59 Å². The van der Waals surface area contributed by atoms with Crippen LogP contribution in [0.3, 0.4) is 0 Å². The summed E-state index contributed by atoms with van der Waals surface area (Å²) in [6, 6.07) is 10.7. The average molecular weight is 414 g/mol. The molecular weight excluding hydrogens is 388 g/mol. The minimum Gasteiger partial charge on any atom is -0.493 e. The minimum absolute atomic E-state index is 0.110. The van der Waals surface area contributed by atoms with Crippen molar-refractivity contribution in [3.63, 3.8) is 0 Å². The first-order valence-corrected chi connectivity index (χ1v) is 9.52. The molecule has 1 unspecified atom stereocenters. The summed E-state index contributed by atoms with van der Waals surface area (Å²) in [5.74, 6) is 1.55. The Morgan fingerprint density at radius 3 is 2.40 bits per heavy atom. The highest BCUT2D eigenvalue weighted by molar-refractivity contribution is 6.00. The lowest BCUT2D eigenvalue weighted by Crippen LogP contribution is -2.32. The number of benzene rings is 2. The fourth-order valence-electron chi connectivity index (χ4n) is 3.55. The number of hydrogen-bond donors (Lipinski definition) is 1. The molecular formula is C22H26N2O6. The molecule has 3 rings (SSSR count). The second-order valence-corrected chi connectivity index (χ2v) is 6.82. The predicted octanol–water partition coefficient (Wildman–Crippen LogP) is 2.39. The molecule has 0 bridgehead atoms. The molecule has 1 heterocycles. The Morgan fingerprint density at radius 2 is 1.73 bits per heavy atom. The summed E-state index contributed by atoms with van der Waals surface area (Å²) in [6.07, 6.45) is 0.148. The van der Waals surface area contributed by atoms with Crippen molar-refractivity contribution >= 4 is 17.5 Å². The molecule has 30 heavy (non-hydrogen) atoms. The lowest BCUT2D eigenvalue weighted by atomic mass is 10.1. The molecule has 0 aromatic heterocycles. The van der Waals surface area contributed by atoms with Gasteiger partial charge < -0.3 is 29.2 Å². The van der Waals surface area contributed by atoms with Crippen LogP contribution in [0.2, 0.25) is 0 Å². The predicted molar refractivity (Wildman–Crippen MR) is 111 cm³/mol. The van der Waals surface area contributed by atoms with Gasteiger partial charge in [-0.1, -0.05) is 12.1 Å². The lowest BCUT2D eigenvalue weighted by Gasteiger charge is -2.19. The highest BCUT2D eigenvalue weighted by Gasteiger charge is 2.35. The minimum atomic E-state index is -0.442. The molecule has 0 aliphatic carbocycles. The van der Waals surface area contributed by atoms with E-state index in [4.69, 9.17) is 18.9 Å². The van der Waals surface area contributed by atoms with Crippen molar-refractivity contribution in [3.8, 4) is 23.0 Å². The quantitative estimate of drug-likeness (QED) is 0.714. The van der Waals surface area contributed by atoms with E-state index in [1.54, 1.807) is 50.5 Å². The Hall–Kier alpha value is -3.42. The van der Waals surface area contributed by atoms with E-state index in [0.717, 1.165) is 5.56 Å². The Bertz CT molecular complexity index is 930. The van der Waals surface area contributed by atoms with Crippen LogP contribution in [0.1, 0.15) is 12.0 Å². The number of carbonyl (C=O) groups excluding carboxylic acids is 2. The SMILES string of the molecule is COc1ccc(N2CC(C(=O)NCc3cccc(OC)c3OC)CC2=O)cc1OC. The van der Waals surface area contributed by atoms with Crippen molar-refractivity contribution < 1.29 is 28.5 Å². The molecule has 8 heteroatoms. The van der Waals surface area contributed by atoms with E-state index < -0.39 is 5.92 Å². The van der Waals surface area contributed by atoms with Crippen LogP contribution in [0.25, 0.3) is 0 Å². The van der Waals surface area contributed by atoms with Crippen LogP contribution in [-0.4, -0.2) is 46.8 Å². The van der Waals surface area contributed by atoms with Crippen molar-refractivity contribution in [1.29, 1.82) is 0 Å². The largest absolute Gasteiger partial charge is 0.493 e. The fourth-order valence-corrected chi connectivity index (χ4v) is 3.55. The number of amides is 2. The summed E-state index contributed by atoms with van der Waals surface area (Å²) in [5, 5.41) is 2.90. The lowest BCUT2D eigenvalue weighted by molar-refractivity contribution is -0.126. The third-order valence-corrected chi connectivity index (χ3v) is 5.11. The number of hydrogen-bond acceptors (Lipinski definition) is 6. The Kier molecular flexibility index (Phi) is 6.66. The van der Waals surface area contributed by atoms with Gasteiger partial charge in [0.05, 0.1) is 34.4 Å². The summed E-state index contributed by atoms with van der Waals surface area (Å²) in [5.41, 5.74) is 1.47. The first kappa shape index (κ1) is 21.3. The average Bonchev–Trinajstić information content (AvgIpc) is 3.18. The van der Waals surface area contributed by atoms with Crippen LogP contribution >= 0.6 is 0 Å². The number of anilines is 1. The van der Waals surface area contributed by atoms with Crippen molar-refractivity contribution in [2.45, 2.75) is 13.0 Å². The second-order valence-electron chi connectivity index (χ2n) is 6.82. The van der Waals surface area contributed by atoms with Crippen LogP contribution < -0.4 is 29.2 Å². The van der Waals surface area contributed by atoms with Gasteiger partial charge in [0, 0.05) is 36.8 Å². The fraction of sp³-hybridized carbons (Fsp3) is 0.364. The number of ether oxygens (including phenoxy) is 4. The van der Waals surface area contributed by atoms with Gasteiger partial charge in [-0.05, 0) is 18.2 Å². The van der Waals surface area contributed by atoms with Gasteiger partial charge in [-0.2, -0.15) is 0 Å². The maximum absolute atomic E-state index is 12.7. The molecule has 2 aromatic carbocycles. The van der Waals surface area contributed by atoms with Crippen molar-refractivity contribution in [2.75, 3.05) is 39.9 Å². The van der Waals surface area contributed by atoms with Gasteiger partial charge in [0.2, 0.25) is 11.8 Å². The normalized spacial score (nSPS) is 15.7. The van der Waals surface area contributed by atoms with Gasteiger partial charge in [-0.15, -0.1) is 0 Å². The van der Waals surface area contributed by atoms with Crippen LogP contribution in [0.4, 0.5) is 5.69 Å². The topological polar surface area (TPSA) is 86.3 Å². The third kappa shape index (κ3) is 4.27. The zero-order valence-electron chi connectivity index (χ0n) is 17.6. The molecule has 1 aliphatic heterocycles. The van der Waals surface area contributed by atoms with E-state index in [1.807, 2.05) is 12.1 Å². The zero-order chi connectivity index (χ0) is 21.7. The summed E-state index contributed by atoms with van der Waals surface area (Å²) >= 11 is 0. The summed E-state index contributed by atoms with van der Waals surface area (Å²) in [6.45, 7) is 0.579. The molecule has 0 radical (unpaired) electrons. The van der Waals surface area contributed by atoms with Gasteiger partial charge in [-0.3, -0.25) is 9.59 Å². The second kappa shape index (κ2) is 9.39. The van der Waals surface area contributed by atoms with E-state index in [0.29, 0.717) is 35.2 Å². The summed E-state index contributed by atoms with van der Waals surface area (Å²) in [7, 11) is 6.21. The number of carbonyl (C=O) groups is 2. The van der Waals surface area contributed by atoms with Crippen molar-refractivity contribution in [1.82, 2.24) is 5.32 Å². The Labute approximate surface area is 175 Å². The van der Waals surface area contributed by atoms with Gasteiger partial charge in [0.25, 0.3) is 0 Å². The molecule has 0 saturated carbocycles. The van der Waals surface area contributed by atoms with Crippen LogP contribution in [0, 0.1) is 5.92 Å². The van der Waals surface area contributed by atoms with Crippen molar-refractivity contribution in [3.05, 3.63) is 42.0 Å². The molecule has 1 aliphatic rings. The number of nitrogens with one attached hydrogen (secondary N) is 1. The molecule has 2 aromatic rings. The first-order chi connectivity index (χ1) is 14.5. The van der Waals surface area contributed by atoms with Gasteiger partial charge in [-0.25, -0.2) is 0 Å². The molecule has 2 amide bonds. The molecule has 1 saturated heterocycles. The molecule has 0 spiro atoms. The molecule has 1 N–H and O–H groups in total. The number of nitrogens with zero attached hydrogens (tertiary/aromatic N) is 1. The smallest absolute Gasteiger partial charge is 0.227 e. The summed E-state index contributed by atoms with van der Waals surface area (Å²) < 4.78 is 21.2. The van der Waals surface area contributed by atoms with Crippen molar-refractivity contribution in [2.24, 2.45) is 5.92 Å². The van der Waals surface area contributed by atoms with Gasteiger partial charge in [0.15, 0.2) is 23.0 Å². The van der Waals surface area contributed by atoms with Crippen LogP contribution in [-0.2, 0) is 16.1 Å². The highest BCUT2D eigenvalue weighted by atomic mass is 16.5. The number of rotatable bonds is 8. The monoisotopic (exact) mass is 414 g/mol. The molecule has 1 fully saturated rings. The zero-order valence-corrected chi connectivity index (χ0v) is 17.6. The molecule has 1 atom stereocenters. The number of para-hydroxylation sites is 1.